The summed E-state index contributed by atoms with van der Waals surface area (Å²) in [5, 5.41) is 0. The molecule has 0 radical (unpaired) electrons. The van der Waals surface area contributed by atoms with Gasteiger partial charge in [-0.3, -0.25) is 4.98 Å². The van der Waals surface area contributed by atoms with Crippen LogP contribution in [0.4, 0.5) is 0 Å². The summed E-state index contributed by atoms with van der Waals surface area (Å²) in [4.78, 5) is 14.5. The van der Waals surface area contributed by atoms with Crippen LogP contribution in [0, 0.1) is 0 Å². The summed E-state index contributed by atoms with van der Waals surface area (Å²) in [6.07, 6.45) is 10.4. The highest BCUT2D eigenvalue weighted by Crippen LogP contribution is 2.29. The number of fused-ring (bicyclic) bond motifs is 1. The van der Waals surface area contributed by atoms with Crippen molar-refractivity contribution in [2.45, 2.75) is 54.6 Å². The van der Waals surface area contributed by atoms with Crippen LogP contribution in [-0.4, -0.2) is 21.1 Å². The molecule has 0 saturated heterocycles. The molecule has 4 rings (SSSR count). The summed E-state index contributed by atoms with van der Waals surface area (Å²) in [6, 6.07) is 10.4. The summed E-state index contributed by atoms with van der Waals surface area (Å²) in [6.45, 7) is 0.576. The molecular formula is C19H21N3OS. The average Bonchev–Trinajstić information content (AvgIpc) is 3.04. The SMILES string of the molecule is c1cc(Sc2ccc3nc(COC4CCCCC4)[nH]c3c2)ccn1. The first-order valence-electron chi connectivity index (χ1n) is 8.55. The largest absolute Gasteiger partial charge is 0.370 e. The number of nitrogens with one attached hydrogen (secondary N) is 1. The molecule has 0 spiro atoms. The second-order valence-electron chi connectivity index (χ2n) is 6.22. The molecule has 0 amide bonds. The van der Waals surface area contributed by atoms with E-state index in [0.29, 0.717) is 12.7 Å². The summed E-state index contributed by atoms with van der Waals surface area (Å²) < 4.78 is 6.02. The smallest absolute Gasteiger partial charge is 0.133 e. The van der Waals surface area contributed by atoms with Gasteiger partial charge in [-0.15, -0.1) is 0 Å². The zero-order valence-corrected chi connectivity index (χ0v) is 14.4. The normalized spacial score (nSPS) is 15.8. The summed E-state index contributed by atoms with van der Waals surface area (Å²) >= 11 is 1.73. The maximum atomic E-state index is 6.02. The van der Waals surface area contributed by atoms with Crippen molar-refractivity contribution in [3.8, 4) is 0 Å². The Balaban J connectivity index is 1.44. The van der Waals surface area contributed by atoms with Gasteiger partial charge in [0.2, 0.25) is 0 Å². The highest BCUT2D eigenvalue weighted by Gasteiger charge is 2.14. The van der Waals surface area contributed by atoms with Crippen LogP contribution in [0.1, 0.15) is 37.9 Å². The predicted octanol–water partition coefficient (Wildman–Crippen LogP) is 4.96. The number of H-pyrrole nitrogens is 1. The molecule has 1 saturated carbocycles. The number of ether oxygens (including phenoxy) is 1. The molecule has 5 heteroatoms. The Hall–Kier alpha value is -1.85. The Morgan fingerprint density at radius 3 is 2.71 bits per heavy atom. The van der Waals surface area contributed by atoms with E-state index in [2.05, 4.69) is 33.2 Å². The molecule has 4 nitrogen and oxygen atoms in total. The molecule has 0 unspecified atom stereocenters. The number of nitrogens with zero attached hydrogens (tertiary/aromatic N) is 2. The minimum absolute atomic E-state index is 0.407. The van der Waals surface area contributed by atoms with Crippen molar-refractivity contribution in [3.63, 3.8) is 0 Å². The topological polar surface area (TPSA) is 50.8 Å². The molecule has 1 aliphatic rings. The van der Waals surface area contributed by atoms with Gasteiger partial charge in [-0.2, -0.15) is 0 Å². The summed E-state index contributed by atoms with van der Waals surface area (Å²) in [5.74, 6) is 0.918. The van der Waals surface area contributed by atoms with Gasteiger partial charge in [0.05, 0.1) is 17.1 Å². The van der Waals surface area contributed by atoms with Crippen molar-refractivity contribution in [2.24, 2.45) is 0 Å². The number of rotatable bonds is 5. The Kier molecular flexibility index (Phi) is 4.81. The van der Waals surface area contributed by atoms with E-state index in [-0.39, 0.29) is 0 Å². The molecule has 2 aromatic heterocycles. The van der Waals surface area contributed by atoms with Crippen LogP contribution in [0.5, 0.6) is 0 Å². The van der Waals surface area contributed by atoms with Gasteiger partial charge in [-0.1, -0.05) is 31.0 Å². The lowest BCUT2D eigenvalue weighted by Gasteiger charge is -2.21. The lowest BCUT2D eigenvalue weighted by molar-refractivity contribution is 0.0139. The number of hydrogen-bond donors (Lipinski definition) is 1. The molecule has 1 N–H and O–H groups in total. The first-order chi connectivity index (χ1) is 11.9. The van der Waals surface area contributed by atoms with E-state index in [0.717, 1.165) is 16.9 Å². The minimum Gasteiger partial charge on any atom is -0.370 e. The van der Waals surface area contributed by atoms with E-state index in [4.69, 9.17) is 4.74 Å². The third-order valence-electron chi connectivity index (χ3n) is 4.40. The molecule has 124 valence electrons. The van der Waals surface area contributed by atoms with Crippen molar-refractivity contribution in [1.82, 2.24) is 15.0 Å². The molecule has 3 aromatic rings. The lowest BCUT2D eigenvalue weighted by Crippen LogP contribution is -2.16. The van der Waals surface area contributed by atoms with Gasteiger partial charge < -0.3 is 9.72 Å². The zero-order valence-electron chi connectivity index (χ0n) is 13.6. The molecular weight excluding hydrogens is 318 g/mol. The number of pyridine rings is 1. The van der Waals surface area contributed by atoms with Crippen LogP contribution in [-0.2, 0) is 11.3 Å². The molecule has 0 atom stereocenters. The number of hydrogen-bond acceptors (Lipinski definition) is 4. The minimum atomic E-state index is 0.407. The number of benzene rings is 1. The maximum Gasteiger partial charge on any atom is 0.133 e. The predicted molar refractivity (Wildman–Crippen MR) is 96.1 cm³/mol. The molecule has 2 heterocycles. The molecule has 0 bridgehead atoms. The quantitative estimate of drug-likeness (QED) is 0.714. The van der Waals surface area contributed by atoms with Crippen molar-refractivity contribution in [3.05, 3.63) is 48.5 Å². The first-order valence-corrected chi connectivity index (χ1v) is 9.36. The Labute approximate surface area is 146 Å². The van der Waals surface area contributed by atoms with E-state index in [1.165, 1.54) is 41.9 Å². The van der Waals surface area contributed by atoms with Crippen LogP contribution in [0.2, 0.25) is 0 Å². The van der Waals surface area contributed by atoms with Gasteiger partial charge in [0.1, 0.15) is 12.4 Å². The number of aromatic nitrogens is 3. The second-order valence-corrected chi connectivity index (χ2v) is 7.37. The molecule has 1 fully saturated rings. The fraction of sp³-hybridized carbons (Fsp3) is 0.368. The Morgan fingerprint density at radius 2 is 1.88 bits per heavy atom. The number of aromatic amines is 1. The highest BCUT2D eigenvalue weighted by atomic mass is 32.2. The highest BCUT2D eigenvalue weighted by molar-refractivity contribution is 7.99. The van der Waals surface area contributed by atoms with Crippen molar-refractivity contribution >= 4 is 22.8 Å². The fourth-order valence-electron chi connectivity index (χ4n) is 3.14. The van der Waals surface area contributed by atoms with E-state index in [9.17, 15) is 0 Å². The Bertz CT molecular complexity index is 797. The molecule has 24 heavy (non-hydrogen) atoms. The first kappa shape index (κ1) is 15.7. The van der Waals surface area contributed by atoms with Crippen LogP contribution in [0.25, 0.3) is 11.0 Å². The van der Waals surface area contributed by atoms with Crippen molar-refractivity contribution in [2.75, 3.05) is 0 Å². The molecule has 1 aliphatic carbocycles. The molecule has 0 aliphatic heterocycles. The van der Waals surface area contributed by atoms with Crippen LogP contribution < -0.4 is 0 Å². The van der Waals surface area contributed by atoms with Crippen LogP contribution >= 0.6 is 11.8 Å². The monoisotopic (exact) mass is 339 g/mol. The zero-order chi connectivity index (χ0) is 16.2. The van der Waals surface area contributed by atoms with Crippen LogP contribution in [0.15, 0.2) is 52.5 Å². The van der Waals surface area contributed by atoms with Gasteiger partial charge in [0.25, 0.3) is 0 Å². The van der Waals surface area contributed by atoms with E-state index < -0.39 is 0 Å². The van der Waals surface area contributed by atoms with Gasteiger partial charge in [-0.25, -0.2) is 4.98 Å². The number of imidazole rings is 1. The maximum absolute atomic E-state index is 6.02. The fourth-order valence-corrected chi connectivity index (χ4v) is 3.99. The van der Waals surface area contributed by atoms with E-state index in [1.54, 1.807) is 11.8 Å². The lowest BCUT2D eigenvalue weighted by atomic mass is 9.98. The van der Waals surface area contributed by atoms with E-state index >= 15 is 0 Å². The third-order valence-corrected chi connectivity index (χ3v) is 5.39. The summed E-state index contributed by atoms with van der Waals surface area (Å²) in [7, 11) is 0. The summed E-state index contributed by atoms with van der Waals surface area (Å²) in [5.41, 5.74) is 2.06. The van der Waals surface area contributed by atoms with Gasteiger partial charge in [0, 0.05) is 22.2 Å². The van der Waals surface area contributed by atoms with Gasteiger partial charge in [-0.05, 0) is 43.2 Å². The third kappa shape index (κ3) is 3.79. The van der Waals surface area contributed by atoms with Crippen molar-refractivity contribution < 1.29 is 4.74 Å². The van der Waals surface area contributed by atoms with Crippen LogP contribution in [0.3, 0.4) is 0 Å². The van der Waals surface area contributed by atoms with E-state index in [1.807, 2.05) is 24.5 Å². The van der Waals surface area contributed by atoms with Gasteiger partial charge >= 0.3 is 0 Å². The molecule has 1 aromatic carbocycles. The standard InChI is InChI=1S/C19H21N3OS/c1-2-4-14(5-3-1)23-13-19-21-17-7-6-16(12-18(17)22-19)24-15-8-10-20-11-9-15/h6-12,14H,1-5,13H2,(H,21,22). The Morgan fingerprint density at radius 1 is 1.04 bits per heavy atom. The average molecular weight is 339 g/mol. The van der Waals surface area contributed by atoms with Gasteiger partial charge in [0.15, 0.2) is 0 Å². The van der Waals surface area contributed by atoms with Crippen molar-refractivity contribution in [1.29, 1.82) is 0 Å². The second kappa shape index (κ2) is 7.36.